The maximum absolute atomic E-state index is 13.0. The number of hydrogen-bond acceptors (Lipinski definition) is 3. The molecule has 6 nitrogen and oxygen atoms in total. The molecule has 1 heterocycles. The molecule has 156 valence electrons. The lowest BCUT2D eigenvalue weighted by atomic mass is 10.1. The zero-order valence-electron chi connectivity index (χ0n) is 17.1. The molecule has 0 bridgehead atoms. The van der Waals surface area contributed by atoms with Crippen LogP contribution in [0.3, 0.4) is 0 Å². The molecule has 1 aliphatic rings. The van der Waals surface area contributed by atoms with Gasteiger partial charge in [0.25, 0.3) is 5.91 Å². The maximum Gasteiger partial charge on any atom is 0.275 e. The normalized spacial score (nSPS) is 15.9. The molecule has 0 spiro atoms. The van der Waals surface area contributed by atoms with E-state index in [-0.39, 0.29) is 5.91 Å². The van der Waals surface area contributed by atoms with Crippen LogP contribution >= 0.6 is 0 Å². The smallest absolute Gasteiger partial charge is 0.275 e. The summed E-state index contributed by atoms with van der Waals surface area (Å²) in [6.07, 6.45) is 0.809. The molecular weight excluding hydrogens is 386 g/mol. The minimum atomic E-state index is -3.49. The van der Waals surface area contributed by atoms with Gasteiger partial charge in [-0.25, -0.2) is 8.42 Å². The molecule has 1 aliphatic heterocycles. The number of aryl methyl sites for hydroxylation is 2. The maximum atomic E-state index is 13.0. The molecule has 0 unspecified atom stereocenters. The second kappa shape index (κ2) is 9.52. The fourth-order valence-electron chi connectivity index (χ4n) is 3.73. The number of carbonyl (C=O) groups excluding carboxylic acids is 1. The van der Waals surface area contributed by atoms with Crippen LogP contribution in [0.25, 0.3) is 0 Å². The molecule has 1 amide bonds. The largest absolute Gasteiger partial charge is 0.351 e. The van der Waals surface area contributed by atoms with Gasteiger partial charge in [0.05, 0.1) is 31.1 Å². The van der Waals surface area contributed by atoms with Gasteiger partial charge in [-0.1, -0.05) is 48.0 Å². The lowest BCUT2D eigenvalue weighted by Gasteiger charge is -2.31. The van der Waals surface area contributed by atoms with Gasteiger partial charge in [-0.05, 0) is 37.5 Å². The lowest BCUT2D eigenvalue weighted by molar-refractivity contribution is -0.895. The first-order valence-electron chi connectivity index (χ1n) is 10.1. The van der Waals surface area contributed by atoms with Gasteiger partial charge in [0.2, 0.25) is 10.0 Å². The SMILES string of the molecule is Cc1ccc(S(=O)(=O)N2CC[NH+](CC(=O)NCCc3ccccc3)CC2)c(C)c1. The fourth-order valence-corrected chi connectivity index (χ4v) is 5.38. The molecule has 7 heteroatoms. The molecule has 0 aliphatic carbocycles. The minimum absolute atomic E-state index is 0.0154. The predicted octanol–water partition coefficient (Wildman–Crippen LogP) is 0.552. The molecule has 29 heavy (non-hydrogen) atoms. The van der Waals surface area contributed by atoms with Gasteiger partial charge >= 0.3 is 0 Å². The number of sulfonamides is 1. The molecule has 0 atom stereocenters. The summed E-state index contributed by atoms with van der Waals surface area (Å²) in [5, 5.41) is 2.97. The van der Waals surface area contributed by atoms with Crippen molar-refractivity contribution in [2.45, 2.75) is 25.2 Å². The summed E-state index contributed by atoms with van der Waals surface area (Å²) in [5.41, 5.74) is 3.02. The highest BCUT2D eigenvalue weighted by atomic mass is 32.2. The van der Waals surface area contributed by atoms with Crippen LogP contribution in [0, 0.1) is 13.8 Å². The predicted molar refractivity (Wildman–Crippen MR) is 113 cm³/mol. The number of carbonyl (C=O) groups is 1. The van der Waals surface area contributed by atoms with E-state index in [9.17, 15) is 13.2 Å². The van der Waals surface area contributed by atoms with Gasteiger partial charge in [-0.2, -0.15) is 4.31 Å². The zero-order valence-corrected chi connectivity index (χ0v) is 18.0. The van der Waals surface area contributed by atoms with Crippen LogP contribution in [-0.2, 0) is 21.2 Å². The Morgan fingerprint density at radius 2 is 1.76 bits per heavy atom. The van der Waals surface area contributed by atoms with E-state index in [1.165, 1.54) is 5.56 Å². The Hall–Kier alpha value is -2.22. The van der Waals surface area contributed by atoms with E-state index in [2.05, 4.69) is 5.32 Å². The van der Waals surface area contributed by atoms with E-state index in [1.54, 1.807) is 10.4 Å². The molecule has 3 rings (SSSR count). The molecule has 2 aromatic rings. The Balaban J connectivity index is 1.46. The van der Waals surface area contributed by atoms with E-state index in [0.717, 1.165) is 22.4 Å². The second-order valence-corrected chi connectivity index (χ2v) is 9.59. The molecule has 0 saturated carbocycles. The number of quaternary nitrogens is 1. The van der Waals surface area contributed by atoms with Gasteiger partial charge < -0.3 is 10.2 Å². The standard InChI is InChI=1S/C22H29N3O3S/c1-18-8-9-21(19(2)16-18)29(27,28)25-14-12-24(13-15-25)17-22(26)23-11-10-20-6-4-3-5-7-20/h3-9,16H,10-15,17H2,1-2H3,(H,23,26)/p+1. The zero-order chi connectivity index (χ0) is 20.9. The monoisotopic (exact) mass is 416 g/mol. The number of nitrogens with one attached hydrogen (secondary N) is 2. The molecule has 1 fully saturated rings. The molecule has 2 N–H and O–H groups in total. The first-order chi connectivity index (χ1) is 13.9. The van der Waals surface area contributed by atoms with Crippen molar-refractivity contribution >= 4 is 15.9 Å². The van der Waals surface area contributed by atoms with Crippen molar-refractivity contribution in [3.05, 3.63) is 65.2 Å². The number of benzene rings is 2. The fraction of sp³-hybridized carbons (Fsp3) is 0.409. The number of amides is 1. The van der Waals surface area contributed by atoms with Crippen LogP contribution in [0.2, 0.25) is 0 Å². The number of nitrogens with zero attached hydrogens (tertiary/aromatic N) is 1. The third kappa shape index (κ3) is 5.65. The summed E-state index contributed by atoms with van der Waals surface area (Å²) in [5.74, 6) is 0.0154. The van der Waals surface area contributed by atoms with Gasteiger partial charge in [0.15, 0.2) is 6.54 Å². The average Bonchev–Trinajstić information content (AvgIpc) is 2.69. The second-order valence-electron chi connectivity index (χ2n) is 7.69. The summed E-state index contributed by atoms with van der Waals surface area (Å²) < 4.78 is 27.5. The summed E-state index contributed by atoms with van der Waals surface area (Å²) in [4.78, 5) is 13.7. The minimum Gasteiger partial charge on any atom is -0.351 e. The van der Waals surface area contributed by atoms with E-state index < -0.39 is 10.0 Å². The average molecular weight is 417 g/mol. The highest BCUT2D eigenvalue weighted by Gasteiger charge is 2.31. The van der Waals surface area contributed by atoms with E-state index in [0.29, 0.717) is 44.2 Å². The van der Waals surface area contributed by atoms with Crippen LogP contribution in [0.4, 0.5) is 0 Å². The Morgan fingerprint density at radius 1 is 1.07 bits per heavy atom. The molecule has 2 aromatic carbocycles. The molecule has 1 saturated heterocycles. The number of hydrogen-bond donors (Lipinski definition) is 2. The molecule has 0 aromatic heterocycles. The highest BCUT2D eigenvalue weighted by molar-refractivity contribution is 7.89. The third-order valence-electron chi connectivity index (χ3n) is 5.37. The highest BCUT2D eigenvalue weighted by Crippen LogP contribution is 2.20. The van der Waals surface area contributed by atoms with Gasteiger partial charge in [-0.15, -0.1) is 0 Å². The van der Waals surface area contributed by atoms with E-state index in [4.69, 9.17) is 0 Å². The Labute approximate surface area is 173 Å². The Kier molecular flexibility index (Phi) is 7.05. The van der Waals surface area contributed by atoms with Crippen molar-refractivity contribution in [3.63, 3.8) is 0 Å². The first kappa shape index (κ1) is 21.5. The number of piperazine rings is 1. The lowest BCUT2D eigenvalue weighted by Crippen LogP contribution is -3.15. The quantitative estimate of drug-likeness (QED) is 0.693. The van der Waals surface area contributed by atoms with Crippen LogP contribution in [-0.4, -0.2) is 57.9 Å². The van der Waals surface area contributed by atoms with Gasteiger partial charge in [0.1, 0.15) is 0 Å². The van der Waals surface area contributed by atoms with Crippen LogP contribution in [0.1, 0.15) is 16.7 Å². The first-order valence-corrected chi connectivity index (χ1v) is 11.5. The number of rotatable bonds is 7. The van der Waals surface area contributed by atoms with Crippen molar-refractivity contribution in [3.8, 4) is 0 Å². The van der Waals surface area contributed by atoms with Crippen LogP contribution in [0.15, 0.2) is 53.4 Å². The van der Waals surface area contributed by atoms with Crippen LogP contribution in [0.5, 0.6) is 0 Å². The topological polar surface area (TPSA) is 70.9 Å². The van der Waals surface area contributed by atoms with Gasteiger partial charge in [0, 0.05) is 6.54 Å². The van der Waals surface area contributed by atoms with E-state index >= 15 is 0 Å². The Morgan fingerprint density at radius 3 is 2.41 bits per heavy atom. The summed E-state index contributed by atoms with van der Waals surface area (Å²) in [6.45, 7) is 6.92. The summed E-state index contributed by atoms with van der Waals surface area (Å²) in [6, 6.07) is 15.5. The van der Waals surface area contributed by atoms with Crippen molar-refractivity contribution in [2.24, 2.45) is 0 Å². The van der Waals surface area contributed by atoms with E-state index in [1.807, 2.05) is 56.3 Å². The Bertz CT molecular complexity index is 937. The molecule has 0 radical (unpaired) electrons. The molecular formula is C22H30N3O3S+. The van der Waals surface area contributed by atoms with Crippen molar-refractivity contribution in [2.75, 3.05) is 39.3 Å². The van der Waals surface area contributed by atoms with Crippen molar-refractivity contribution < 1.29 is 18.1 Å². The van der Waals surface area contributed by atoms with Crippen molar-refractivity contribution in [1.82, 2.24) is 9.62 Å². The van der Waals surface area contributed by atoms with Gasteiger partial charge in [-0.3, -0.25) is 4.79 Å². The summed E-state index contributed by atoms with van der Waals surface area (Å²) in [7, 11) is -3.49. The summed E-state index contributed by atoms with van der Waals surface area (Å²) >= 11 is 0. The van der Waals surface area contributed by atoms with Crippen LogP contribution < -0.4 is 10.2 Å². The van der Waals surface area contributed by atoms with Crippen molar-refractivity contribution in [1.29, 1.82) is 0 Å². The third-order valence-corrected chi connectivity index (χ3v) is 7.43.